The number of aliphatic carboxylic acids is 1. The van der Waals surface area contributed by atoms with E-state index in [9.17, 15) is 19.2 Å². The number of carbonyl (C=O) groups excluding carboxylic acids is 3. The third kappa shape index (κ3) is 3.11. The Kier molecular flexibility index (Phi) is 5.10. The molecule has 4 amide bonds. The molecule has 3 atom stereocenters. The first-order chi connectivity index (χ1) is 10.3. The van der Waals surface area contributed by atoms with Crippen LogP contribution < -0.4 is 0 Å². The molecule has 0 saturated carbocycles. The first kappa shape index (κ1) is 16.8. The lowest BCUT2D eigenvalue weighted by molar-refractivity contribution is -0.137. The minimum atomic E-state index is -0.818. The van der Waals surface area contributed by atoms with Crippen molar-refractivity contribution in [2.75, 3.05) is 5.75 Å². The van der Waals surface area contributed by atoms with Crippen molar-refractivity contribution in [2.45, 2.75) is 56.9 Å². The highest BCUT2D eigenvalue weighted by Gasteiger charge is 2.55. The molecule has 0 aromatic carbocycles. The van der Waals surface area contributed by atoms with Crippen molar-refractivity contribution < 1.29 is 24.3 Å². The number of rotatable bonds is 5. The van der Waals surface area contributed by atoms with Gasteiger partial charge in [-0.15, -0.1) is 0 Å². The summed E-state index contributed by atoms with van der Waals surface area (Å²) in [6.45, 7) is 2.67. The first-order valence-electron chi connectivity index (χ1n) is 7.31. The lowest BCUT2D eigenvalue weighted by atomic mass is 10.0. The van der Waals surface area contributed by atoms with Crippen LogP contribution in [0.4, 0.5) is 4.79 Å². The zero-order chi connectivity index (χ0) is 16.4. The Labute approximate surface area is 133 Å². The maximum atomic E-state index is 12.3. The van der Waals surface area contributed by atoms with Crippen LogP contribution in [0.2, 0.25) is 0 Å². The van der Waals surface area contributed by atoms with Crippen LogP contribution in [-0.4, -0.2) is 61.8 Å². The van der Waals surface area contributed by atoms with E-state index in [4.69, 9.17) is 5.11 Å². The molecule has 2 aliphatic rings. The van der Waals surface area contributed by atoms with Gasteiger partial charge in [0.25, 0.3) is 0 Å². The van der Waals surface area contributed by atoms with Gasteiger partial charge in [-0.2, -0.15) is 11.8 Å². The lowest BCUT2D eigenvalue weighted by Gasteiger charge is -2.24. The van der Waals surface area contributed by atoms with Gasteiger partial charge >= 0.3 is 12.0 Å². The standard InChI is InChI=1S/C14H20N2O5S/c1-8(17)15-10-7-22-11(5-3-4-6-12(19)20)13(10)16(9(2)18)14(15)21/h10-11,13H,3-7H2,1-2H3,(H,19,20). The van der Waals surface area contributed by atoms with E-state index in [1.807, 2.05) is 0 Å². The fraction of sp³-hybridized carbons (Fsp3) is 0.714. The number of imide groups is 2. The number of hydrogen-bond donors (Lipinski definition) is 1. The molecule has 0 aliphatic carbocycles. The Morgan fingerprint density at radius 2 is 1.82 bits per heavy atom. The first-order valence-corrected chi connectivity index (χ1v) is 8.36. The highest BCUT2D eigenvalue weighted by molar-refractivity contribution is 8.00. The van der Waals surface area contributed by atoms with Crippen LogP contribution in [0.5, 0.6) is 0 Å². The fourth-order valence-electron chi connectivity index (χ4n) is 3.21. The van der Waals surface area contributed by atoms with Gasteiger partial charge in [0.15, 0.2) is 0 Å². The number of thioether (sulfide) groups is 1. The third-order valence-corrected chi connectivity index (χ3v) is 5.58. The van der Waals surface area contributed by atoms with Gasteiger partial charge in [0.1, 0.15) is 0 Å². The topological polar surface area (TPSA) is 95.0 Å². The summed E-state index contributed by atoms with van der Waals surface area (Å²) in [6.07, 6.45) is 2.17. The fourth-order valence-corrected chi connectivity index (χ4v) is 4.83. The third-order valence-electron chi connectivity index (χ3n) is 4.11. The second kappa shape index (κ2) is 6.68. The minimum Gasteiger partial charge on any atom is -0.481 e. The van der Waals surface area contributed by atoms with Crippen LogP contribution in [0.15, 0.2) is 0 Å². The zero-order valence-corrected chi connectivity index (χ0v) is 13.5. The van der Waals surface area contributed by atoms with Crippen LogP contribution in [0.1, 0.15) is 39.5 Å². The number of carbonyl (C=O) groups is 4. The minimum absolute atomic E-state index is 0.0657. The van der Waals surface area contributed by atoms with Crippen molar-refractivity contribution in [1.29, 1.82) is 0 Å². The van der Waals surface area contributed by atoms with Crippen molar-refractivity contribution in [3.8, 4) is 0 Å². The summed E-state index contributed by atoms with van der Waals surface area (Å²) in [5, 5.41) is 8.72. The average molecular weight is 328 g/mol. The largest absolute Gasteiger partial charge is 0.481 e. The molecule has 1 N–H and O–H groups in total. The second-order valence-corrected chi connectivity index (χ2v) is 6.90. The molecule has 2 saturated heterocycles. The Hall–Kier alpha value is -1.57. The molecule has 0 aromatic heterocycles. The molecule has 8 heteroatoms. The van der Waals surface area contributed by atoms with E-state index in [2.05, 4.69) is 0 Å². The summed E-state index contributed by atoms with van der Waals surface area (Å²) in [4.78, 5) is 48.7. The molecule has 0 spiro atoms. The zero-order valence-electron chi connectivity index (χ0n) is 12.7. The van der Waals surface area contributed by atoms with Crippen LogP contribution in [0.25, 0.3) is 0 Å². The molecule has 2 aliphatic heterocycles. The molecule has 7 nitrogen and oxygen atoms in total. The monoisotopic (exact) mass is 328 g/mol. The molecule has 2 heterocycles. The van der Waals surface area contributed by atoms with Crippen LogP contribution in [0, 0.1) is 0 Å². The van der Waals surface area contributed by atoms with Gasteiger partial charge in [-0.05, 0) is 12.8 Å². The van der Waals surface area contributed by atoms with Gasteiger partial charge in [0.2, 0.25) is 11.8 Å². The van der Waals surface area contributed by atoms with Crippen molar-refractivity contribution in [1.82, 2.24) is 9.80 Å². The van der Waals surface area contributed by atoms with Gasteiger partial charge in [-0.1, -0.05) is 6.42 Å². The van der Waals surface area contributed by atoms with Crippen molar-refractivity contribution in [2.24, 2.45) is 0 Å². The predicted molar refractivity (Wildman–Crippen MR) is 80.4 cm³/mol. The molecular weight excluding hydrogens is 308 g/mol. The number of urea groups is 1. The Morgan fingerprint density at radius 3 is 2.36 bits per heavy atom. The number of carboxylic acids is 1. The Balaban J connectivity index is 2.07. The summed E-state index contributed by atoms with van der Waals surface area (Å²) in [5.74, 6) is -0.873. The maximum absolute atomic E-state index is 12.3. The molecule has 3 unspecified atom stereocenters. The maximum Gasteiger partial charge on any atom is 0.334 e. The van der Waals surface area contributed by atoms with Crippen molar-refractivity contribution in [3.63, 3.8) is 0 Å². The van der Waals surface area contributed by atoms with Gasteiger partial charge in [-0.25, -0.2) is 4.79 Å². The van der Waals surface area contributed by atoms with Gasteiger partial charge in [0, 0.05) is 31.3 Å². The SMILES string of the molecule is CC(=O)N1C(=O)N(C(C)=O)C2C(CCCCC(=O)O)SCC21. The van der Waals surface area contributed by atoms with Crippen molar-refractivity contribution in [3.05, 3.63) is 0 Å². The van der Waals surface area contributed by atoms with Crippen LogP contribution >= 0.6 is 11.8 Å². The van der Waals surface area contributed by atoms with Crippen LogP contribution in [0.3, 0.4) is 0 Å². The number of carboxylic acid groups (broad SMARTS) is 1. The highest BCUT2D eigenvalue weighted by Crippen LogP contribution is 2.41. The number of unbranched alkanes of at least 4 members (excludes halogenated alkanes) is 1. The summed E-state index contributed by atoms with van der Waals surface area (Å²) < 4.78 is 0. The summed E-state index contributed by atoms with van der Waals surface area (Å²) in [7, 11) is 0. The highest BCUT2D eigenvalue weighted by atomic mass is 32.2. The van der Waals surface area contributed by atoms with Gasteiger partial charge in [0.05, 0.1) is 12.1 Å². The summed E-state index contributed by atoms with van der Waals surface area (Å²) in [6, 6.07) is -1.07. The number of hydrogen-bond acceptors (Lipinski definition) is 5. The van der Waals surface area contributed by atoms with Crippen LogP contribution in [-0.2, 0) is 14.4 Å². The number of amides is 4. The average Bonchev–Trinajstić information content (AvgIpc) is 2.90. The van der Waals surface area contributed by atoms with Crippen molar-refractivity contribution >= 4 is 35.6 Å². The number of fused-ring (bicyclic) bond motifs is 1. The van der Waals surface area contributed by atoms with Gasteiger partial charge in [-0.3, -0.25) is 24.2 Å². The second-order valence-electron chi connectivity index (χ2n) is 5.63. The molecule has 0 radical (unpaired) electrons. The molecule has 0 aromatic rings. The Bertz CT molecular complexity index is 509. The van der Waals surface area contributed by atoms with E-state index in [1.54, 1.807) is 11.8 Å². The Morgan fingerprint density at radius 1 is 1.18 bits per heavy atom. The molecule has 22 heavy (non-hydrogen) atoms. The van der Waals surface area contributed by atoms with E-state index >= 15 is 0 Å². The molecule has 0 bridgehead atoms. The van der Waals surface area contributed by atoms with E-state index in [-0.39, 0.29) is 35.6 Å². The lowest BCUT2D eigenvalue weighted by Crippen LogP contribution is -2.43. The molecule has 2 fully saturated rings. The van der Waals surface area contributed by atoms with E-state index in [0.717, 1.165) is 12.8 Å². The predicted octanol–water partition coefficient (Wildman–Crippen LogP) is 1.31. The number of nitrogens with zero attached hydrogens (tertiary/aromatic N) is 2. The summed E-state index contributed by atoms with van der Waals surface area (Å²) in [5.41, 5.74) is 0. The van der Waals surface area contributed by atoms with E-state index in [1.165, 1.54) is 23.6 Å². The van der Waals surface area contributed by atoms with E-state index < -0.39 is 12.0 Å². The van der Waals surface area contributed by atoms with Gasteiger partial charge < -0.3 is 5.11 Å². The normalized spacial score (nSPS) is 27.2. The summed E-state index contributed by atoms with van der Waals surface area (Å²) >= 11 is 1.65. The molecule has 122 valence electrons. The molecule has 2 rings (SSSR count). The smallest absolute Gasteiger partial charge is 0.334 e. The van der Waals surface area contributed by atoms with E-state index in [0.29, 0.717) is 12.2 Å². The quantitative estimate of drug-likeness (QED) is 0.604. The molecular formula is C14H20N2O5S.